The molecule has 94 valence electrons. The molecular weight excluding hydrogens is 212 g/mol. The molecule has 0 aliphatic carbocycles. The highest BCUT2D eigenvalue weighted by atomic mass is 16.5. The van der Waals surface area contributed by atoms with Crippen LogP contribution in [0, 0.1) is 0 Å². The van der Waals surface area contributed by atoms with E-state index in [4.69, 9.17) is 10.5 Å². The topological polar surface area (TPSA) is 47.3 Å². The average molecular weight is 234 g/mol. The minimum atomic E-state index is 0.365. The molecule has 0 spiro atoms. The van der Waals surface area contributed by atoms with E-state index in [1.165, 1.54) is 5.57 Å². The number of nitrogens with two attached hydrogens (primary N) is 1. The van der Waals surface area contributed by atoms with E-state index in [0.717, 1.165) is 31.9 Å². The zero-order chi connectivity index (χ0) is 12.5. The molecule has 1 aliphatic rings. The third kappa shape index (κ3) is 5.52. The molecule has 1 atom stereocenters. The van der Waals surface area contributed by atoms with Gasteiger partial charge in [0, 0.05) is 18.3 Å². The highest BCUT2D eigenvalue weighted by Crippen LogP contribution is 2.11. The first-order valence-electron chi connectivity index (χ1n) is 5.99. The Labute approximate surface area is 104 Å². The summed E-state index contributed by atoms with van der Waals surface area (Å²) < 4.78 is 5.43. The van der Waals surface area contributed by atoms with E-state index in [9.17, 15) is 0 Å². The number of nitrogens with one attached hydrogen (secondary N) is 1. The van der Waals surface area contributed by atoms with Gasteiger partial charge in [-0.15, -0.1) is 0 Å². The molecular formula is C14H22N2O. The second kappa shape index (κ2) is 7.87. The molecule has 1 aliphatic heterocycles. The van der Waals surface area contributed by atoms with Crippen molar-refractivity contribution in [3.05, 3.63) is 48.2 Å². The molecule has 0 aromatic carbocycles. The first-order valence-corrected chi connectivity index (χ1v) is 5.99. The predicted molar refractivity (Wildman–Crippen MR) is 72.6 cm³/mol. The van der Waals surface area contributed by atoms with E-state index >= 15 is 0 Å². The molecule has 0 bridgehead atoms. The largest absolute Gasteiger partial charge is 0.399 e. The number of rotatable bonds is 5. The number of allylic oxidation sites excluding steroid dienone is 5. The summed E-state index contributed by atoms with van der Waals surface area (Å²) in [7, 11) is 0. The lowest BCUT2D eigenvalue weighted by Crippen LogP contribution is -2.41. The standard InChI is InChI=1S/C14H22N2O/c1-3-5-12(9-13(15)6-4-2)10-14-11-17-8-7-16-14/h3-6,9,14,16H,1,7-8,10-11,15H2,2H3/b6-4-,12-5+,13-9+. The van der Waals surface area contributed by atoms with E-state index in [0.29, 0.717) is 6.04 Å². The van der Waals surface area contributed by atoms with Gasteiger partial charge in [0.15, 0.2) is 0 Å². The molecule has 3 nitrogen and oxygen atoms in total. The number of hydrogen-bond donors (Lipinski definition) is 2. The summed E-state index contributed by atoms with van der Waals surface area (Å²) in [6.45, 7) is 8.15. The fourth-order valence-electron chi connectivity index (χ4n) is 1.82. The van der Waals surface area contributed by atoms with Crippen molar-refractivity contribution in [2.24, 2.45) is 5.73 Å². The Hall–Kier alpha value is -1.32. The Kier molecular flexibility index (Phi) is 6.37. The summed E-state index contributed by atoms with van der Waals surface area (Å²) in [5, 5.41) is 3.42. The second-order valence-corrected chi connectivity index (χ2v) is 4.05. The Morgan fingerprint density at radius 3 is 3.00 bits per heavy atom. The molecule has 0 amide bonds. The second-order valence-electron chi connectivity index (χ2n) is 4.05. The Balaban J connectivity index is 2.62. The van der Waals surface area contributed by atoms with E-state index in [1.807, 2.05) is 31.2 Å². The van der Waals surface area contributed by atoms with Crippen LogP contribution < -0.4 is 11.1 Å². The van der Waals surface area contributed by atoms with Crippen LogP contribution in [0.3, 0.4) is 0 Å². The number of morpholine rings is 1. The smallest absolute Gasteiger partial charge is 0.0623 e. The zero-order valence-corrected chi connectivity index (χ0v) is 10.5. The van der Waals surface area contributed by atoms with E-state index in [1.54, 1.807) is 6.08 Å². The van der Waals surface area contributed by atoms with Crippen LogP contribution in [0.4, 0.5) is 0 Å². The minimum Gasteiger partial charge on any atom is -0.399 e. The Morgan fingerprint density at radius 1 is 1.59 bits per heavy atom. The van der Waals surface area contributed by atoms with E-state index < -0.39 is 0 Å². The molecule has 1 fully saturated rings. The molecule has 3 N–H and O–H groups in total. The first-order chi connectivity index (χ1) is 8.26. The van der Waals surface area contributed by atoms with Gasteiger partial charge in [0.25, 0.3) is 0 Å². The van der Waals surface area contributed by atoms with Crippen LogP contribution in [-0.4, -0.2) is 25.8 Å². The summed E-state index contributed by atoms with van der Waals surface area (Å²) in [5.74, 6) is 0. The summed E-state index contributed by atoms with van der Waals surface area (Å²) in [5.41, 5.74) is 7.79. The van der Waals surface area contributed by atoms with Gasteiger partial charge in [0.2, 0.25) is 0 Å². The van der Waals surface area contributed by atoms with Crippen molar-refractivity contribution < 1.29 is 4.74 Å². The van der Waals surface area contributed by atoms with E-state index in [2.05, 4.69) is 11.9 Å². The molecule has 17 heavy (non-hydrogen) atoms. The molecule has 1 heterocycles. The lowest BCUT2D eigenvalue weighted by molar-refractivity contribution is 0.0772. The maximum atomic E-state index is 5.87. The van der Waals surface area contributed by atoms with Crippen LogP contribution in [0.2, 0.25) is 0 Å². The van der Waals surface area contributed by atoms with Gasteiger partial charge in [0.05, 0.1) is 13.2 Å². The molecule has 3 heteroatoms. The molecule has 0 aromatic rings. The fourth-order valence-corrected chi connectivity index (χ4v) is 1.82. The summed E-state index contributed by atoms with van der Waals surface area (Å²) in [4.78, 5) is 0. The van der Waals surface area contributed by atoms with Gasteiger partial charge in [-0.2, -0.15) is 0 Å². The quantitative estimate of drug-likeness (QED) is 0.714. The predicted octanol–water partition coefficient (Wildman–Crippen LogP) is 1.90. The van der Waals surface area contributed by atoms with Crippen molar-refractivity contribution in [3.8, 4) is 0 Å². The minimum absolute atomic E-state index is 0.365. The van der Waals surface area contributed by atoms with Crippen LogP contribution in [0.15, 0.2) is 48.2 Å². The monoisotopic (exact) mass is 234 g/mol. The van der Waals surface area contributed by atoms with Crippen LogP contribution >= 0.6 is 0 Å². The maximum Gasteiger partial charge on any atom is 0.0623 e. The van der Waals surface area contributed by atoms with Crippen LogP contribution in [-0.2, 0) is 4.74 Å². The van der Waals surface area contributed by atoms with Crippen LogP contribution in [0.5, 0.6) is 0 Å². The van der Waals surface area contributed by atoms with Gasteiger partial charge >= 0.3 is 0 Å². The molecule has 1 rings (SSSR count). The van der Waals surface area contributed by atoms with Gasteiger partial charge < -0.3 is 15.8 Å². The molecule has 1 saturated heterocycles. The highest BCUT2D eigenvalue weighted by Gasteiger charge is 2.13. The van der Waals surface area contributed by atoms with Crippen molar-refractivity contribution >= 4 is 0 Å². The van der Waals surface area contributed by atoms with E-state index in [-0.39, 0.29) is 0 Å². The van der Waals surface area contributed by atoms with Crippen LogP contribution in [0.25, 0.3) is 0 Å². The van der Waals surface area contributed by atoms with Crippen molar-refractivity contribution in [1.82, 2.24) is 5.32 Å². The molecule has 0 saturated carbocycles. The SMILES string of the molecule is C=C\C=C(/C=C(N)\C=C/C)CC1COCCN1. The Morgan fingerprint density at radius 2 is 2.41 bits per heavy atom. The van der Waals surface area contributed by atoms with Crippen molar-refractivity contribution in [3.63, 3.8) is 0 Å². The zero-order valence-electron chi connectivity index (χ0n) is 10.5. The first kappa shape index (κ1) is 13.7. The van der Waals surface area contributed by atoms with Crippen molar-refractivity contribution in [2.75, 3.05) is 19.8 Å². The molecule has 0 aromatic heterocycles. The molecule has 1 unspecified atom stereocenters. The average Bonchev–Trinajstić information content (AvgIpc) is 2.31. The molecule has 0 radical (unpaired) electrons. The van der Waals surface area contributed by atoms with Gasteiger partial charge in [0.1, 0.15) is 0 Å². The van der Waals surface area contributed by atoms with Gasteiger partial charge in [-0.25, -0.2) is 0 Å². The van der Waals surface area contributed by atoms with Crippen molar-refractivity contribution in [2.45, 2.75) is 19.4 Å². The third-order valence-corrected chi connectivity index (χ3v) is 2.52. The lowest BCUT2D eigenvalue weighted by Gasteiger charge is -2.24. The maximum absolute atomic E-state index is 5.87. The summed E-state index contributed by atoms with van der Waals surface area (Å²) in [6, 6.07) is 0.365. The van der Waals surface area contributed by atoms with Gasteiger partial charge in [-0.3, -0.25) is 0 Å². The normalized spacial score (nSPS) is 23.0. The van der Waals surface area contributed by atoms with Gasteiger partial charge in [-0.05, 0) is 31.1 Å². The van der Waals surface area contributed by atoms with Crippen LogP contribution in [0.1, 0.15) is 13.3 Å². The van der Waals surface area contributed by atoms with Gasteiger partial charge in [-0.1, -0.05) is 24.8 Å². The summed E-state index contributed by atoms with van der Waals surface area (Å²) in [6.07, 6.45) is 10.5. The third-order valence-electron chi connectivity index (χ3n) is 2.52. The lowest BCUT2D eigenvalue weighted by atomic mass is 10.0. The highest BCUT2D eigenvalue weighted by molar-refractivity contribution is 5.30. The Bertz CT molecular complexity index is 323. The summed E-state index contributed by atoms with van der Waals surface area (Å²) >= 11 is 0. The number of hydrogen-bond acceptors (Lipinski definition) is 3. The number of ether oxygens (including phenoxy) is 1. The fraction of sp³-hybridized carbons (Fsp3) is 0.429. The van der Waals surface area contributed by atoms with Crippen molar-refractivity contribution in [1.29, 1.82) is 0 Å².